The summed E-state index contributed by atoms with van der Waals surface area (Å²) in [6.07, 6.45) is 4.85. The molecule has 0 aromatic carbocycles. The molecule has 24 heavy (non-hydrogen) atoms. The molecule has 6 nitrogen and oxygen atoms in total. The van der Waals surface area contributed by atoms with E-state index in [-0.39, 0.29) is 5.91 Å². The Balaban J connectivity index is 1.51. The molecule has 0 unspecified atom stereocenters. The highest BCUT2D eigenvalue weighted by atomic mass is 16.5. The molecule has 1 aromatic rings. The van der Waals surface area contributed by atoms with Crippen LogP contribution in [0.4, 0.5) is 5.82 Å². The lowest BCUT2D eigenvalue weighted by Crippen LogP contribution is -2.50. The quantitative estimate of drug-likeness (QED) is 0.892. The summed E-state index contributed by atoms with van der Waals surface area (Å²) >= 11 is 0. The average Bonchev–Trinajstić information content (AvgIpc) is 2.67. The standard InChI is InChI=1S/C18H28N4O2/c1-2-7-19-17-4-3-15(14-20-17)18(23)22-8-5-16(6-9-22)21-10-12-24-13-11-21/h3-4,14,16H,2,5-13H2,1H3,(H,19,20). The third kappa shape index (κ3) is 4.24. The smallest absolute Gasteiger partial charge is 0.255 e. The monoisotopic (exact) mass is 332 g/mol. The number of ether oxygens (including phenoxy) is 1. The molecule has 0 saturated carbocycles. The van der Waals surface area contributed by atoms with Crippen LogP contribution in [-0.4, -0.2) is 72.7 Å². The minimum atomic E-state index is 0.102. The molecule has 0 atom stereocenters. The van der Waals surface area contributed by atoms with E-state index >= 15 is 0 Å². The van der Waals surface area contributed by atoms with Crippen LogP contribution in [-0.2, 0) is 4.74 Å². The number of nitrogens with zero attached hydrogens (tertiary/aromatic N) is 3. The number of rotatable bonds is 5. The van der Waals surface area contributed by atoms with Crippen molar-refractivity contribution < 1.29 is 9.53 Å². The maximum Gasteiger partial charge on any atom is 0.255 e. The zero-order chi connectivity index (χ0) is 16.8. The number of likely N-dealkylation sites (tertiary alicyclic amines) is 1. The van der Waals surface area contributed by atoms with E-state index in [1.54, 1.807) is 6.20 Å². The van der Waals surface area contributed by atoms with Gasteiger partial charge in [0.05, 0.1) is 18.8 Å². The molecular weight excluding hydrogens is 304 g/mol. The van der Waals surface area contributed by atoms with Crippen LogP contribution in [0, 0.1) is 0 Å². The van der Waals surface area contributed by atoms with Gasteiger partial charge in [-0.1, -0.05) is 6.92 Å². The van der Waals surface area contributed by atoms with Crippen LogP contribution in [0.3, 0.4) is 0 Å². The predicted octanol–water partition coefficient (Wildman–Crippen LogP) is 1.84. The first-order valence-corrected chi connectivity index (χ1v) is 9.09. The molecule has 3 heterocycles. The number of morpholine rings is 1. The third-order valence-electron chi connectivity index (χ3n) is 4.88. The molecule has 3 rings (SSSR count). The normalized spacial score (nSPS) is 20.1. The molecule has 1 N–H and O–H groups in total. The van der Waals surface area contributed by atoms with Crippen LogP contribution >= 0.6 is 0 Å². The van der Waals surface area contributed by atoms with Crippen molar-refractivity contribution >= 4 is 11.7 Å². The molecule has 0 aliphatic carbocycles. The van der Waals surface area contributed by atoms with Crippen molar-refractivity contribution in [3.63, 3.8) is 0 Å². The minimum Gasteiger partial charge on any atom is -0.379 e. The first kappa shape index (κ1) is 17.2. The van der Waals surface area contributed by atoms with Crippen molar-refractivity contribution in [2.45, 2.75) is 32.2 Å². The van der Waals surface area contributed by atoms with Crippen molar-refractivity contribution in [3.05, 3.63) is 23.9 Å². The molecule has 2 saturated heterocycles. The summed E-state index contributed by atoms with van der Waals surface area (Å²) in [5.74, 6) is 0.935. The Morgan fingerprint density at radius 1 is 1.25 bits per heavy atom. The van der Waals surface area contributed by atoms with E-state index in [0.717, 1.165) is 71.0 Å². The van der Waals surface area contributed by atoms with Gasteiger partial charge in [-0.3, -0.25) is 9.69 Å². The first-order valence-electron chi connectivity index (χ1n) is 9.09. The van der Waals surface area contributed by atoms with Gasteiger partial charge >= 0.3 is 0 Å². The number of carbonyl (C=O) groups excluding carboxylic acids is 1. The zero-order valence-electron chi connectivity index (χ0n) is 14.5. The van der Waals surface area contributed by atoms with Gasteiger partial charge < -0.3 is 15.0 Å². The fourth-order valence-electron chi connectivity index (χ4n) is 3.44. The summed E-state index contributed by atoms with van der Waals surface area (Å²) in [7, 11) is 0. The van der Waals surface area contributed by atoms with E-state index < -0.39 is 0 Å². The Bertz CT molecular complexity index is 520. The van der Waals surface area contributed by atoms with Crippen molar-refractivity contribution in [1.82, 2.24) is 14.8 Å². The van der Waals surface area contributed by atoms with E-state index in [9.17, 15) is 4.79 Å². The fourth-order valence-corrected chi connectivity index (χ4v) is 3.44. The Kier molecular flexibility index (Phi) is 6.04. The van der Waals surface area contributed by atoms with Crippen LogP contribution in [0.2, 0.25) is 0 Å². The average molecular weight is 332 g/mol. The first-order chi connectivity index (χ1) is 11.8. The van der Waals surface area contributed by atoms with Crippen molar-refractivity contribution in [3.8, 4) is 0 Å². The van der Waals surface area contributed by atoms with E-state index in [4.69, 9.17) is 4.74 Å². The van der Waals surface area contributed by atoms with E-state index in [1.165, 1.54) is 0 Å². The number of pyridine rings is 1. The zero-order valence-corrected chi connectivity index (χ0v) is 14.5. The van der Waals surface area contributed by atoms with Crippen molar-refractivity contribution in [1.29, 1.82) is 0 Å². The molecule has 2 fully saturated rings. The SMILES string of the molecule is CCCNc1ccc(C(=O)N2CCC(N3CCOCC3)CC2)cn1. The molecule has 0 spiro atoms. The second-order valence-corrected chi connectivity index (χ2v) is 6.53. The van der Waals surface area contributed by atoms with Gasteiger partial charge in [0.1, 0.15) is 5.82 Å². The molecule has 2 aliphatic rings. The predicted molar refractivity (Wildman–Crippen MR) is 94.3 cm³/mol. The number of aromatic nitrogens is 1. The number of hydrogen-bond donors (Lipinski definition) is 1. The largest absolute Gasteiger partial charge is 0.379 e. The number of hydrogen-bond acceptors (Lipinski definition) is 5. The molecule has 1 amide bonds. The summed E-state index contributed by atoms with van der Waals surface area (Å²) in [6, 6.07) is 4.36. The highest BCUT2D eigenvalue weighted by Crippen LogP contribution is 2.19. The maximum absolute atomic E-state index is 12.6. The van der Waals surface area contributed by atoms with E-state index in [2.05, 4.69) is 22.1 Å². The second-order valence-electron chi connectivity index (χ2n) is 6.53. The van der Waals surface area contributed by atoms with Crippen LogP contribution in [0.5, 0.6) is 0 Å². The Hall–Kier alpha value is -1.66. The van der Waals surface area contributed by atoms with Gasteiger partial charge in [-0.05, 0) is 31.4 Å². The third-order valence-corrected chi connectivity index (χ3v) is 4.88. The van der Waals surface area contributed by atoms with Crippen LogP contribution in [0.15, 0.2) is 18.3 Å². The minimum absolute atomic E-state index is 0.102. The summed E-state index contributed by atoms with van der Waals surface area (Å²) in [5, 5.41) is 3.23. The molecule has 2 aliphatic heterocycles. The fraction of sp³-hybridized carbons (Fsp3) is 0.667. The van der Waals surface area contributed by atoms with Crippen molar-refractivity contribution in [2.24, 2.45) is 0 Å². The van der Waals surface area contributed by atoms with Crippen molar-refractivity contribution in [2.75, 3.05) is 51.3 Å². The highest BCUT2D eigenvalue weighted by molar-refractivity contribution is 5.94. The number of nitrogens with one attached hydrogen (secondary N) is 1. The molecule has 132 valence electrons. The van der Waals surface area contributed by atoms with Gasteiger partial charge in [0.15, 0.2) is 0 Å². The van der Waals surface area contributed by atoms with Gasteiger partial charge in [0, 0.05) is 45.0 Å². The van der Waals surface area contributed by atoms with Gasteiger partial charge in [0.2, 0.25) is 0 Å². The number of amides is 1. The lowest BCUT2D eigenvalue weighted by Gasteiger charge is -2.40. The van der Waals surface area contributed by atoms with Gasteiger partial charge in [-0.25, -0.2) is 4.98 Å². The Morgan fingerprint density at radius 2 is 2.00 bits per heavy atom. The molecule has 1 aromatic heterocycles. The highest BCUT2D eigenvalue weighted by Gasteiger charge is 2.28. The summed E-state index contributed by atoms with van der Waals surface area (Å²) < 4.78 is 5.42. The lowest BCUT2D eigenvalue weighted by atomic mass is 10.0. The van der Waals surface area contributed by atoms with Crippen LogP contribution in [0.25, 0.3) is 0 Å². The molecule has 0 bridgehead atoms. The maximum atomic E-state index is 12.6. The Labute approximate surface area is 144 Å². The summed E-state index contributed by atoms with van der Waals surface area (Å²) in [5.41, 5.74) is 0.682. The summed E-state index contributed by atoms with van der Waals surface area (Å²) in [4.78, 5) is 21.5. The van der Waals surface area contributed by atoms with Gasteiger partial charge in [-0.15, -0.1) is 0 Å². The molecule has 0 radical (unpaired) electrons. The molecule has 6 heteroatoms. The number of piperidine rings is 1. The summed E-state index contributed by atoms with van der Waals surface area (Å²) in [6.45, 7) is 8.39. The number of carbonyl (C=O) groups is 1. The van der Waals surface area contributed by atoms with Gasteiger partial charge in [-0.2, -0.15) is 0 Å². The topological polar surface area (TPSA) is 57.7 Å². The second kappa shape index (κ2) is 8.44. The number of anilines is 1. The molecular formula is C18H28N4O2. The van der Waals surface area contributed by atoms with E-state index in [1.807, 2.05) is 17.0 Å². The Morgan fingerprint density at radius 3 is 2.62 bits per heavy atom. The van der Waals surface area contributed by atoms with Crippen LogP contribution in [0.1, 0.15) is 36.5 Å². The lowest BCUT2D eigenvalue weighted by molar-refractivity contribution is 0.00158. The van der Waals surface area contributed by atoms with Gasteiger partial charge in [0.25, 0.3) is 5.91 Å². The van der Waals surface area contributed by atoms with E-state index in [0.29, 0.717) is 11.6 Å². The van der Waals surface area contributed by atoms with Crippen LogP contribution < -0.4 is 5.32 Å².